The monoisotopic (exact) mass is 305 g/mol. The molecule has 1 heterocycles. The summed E-state index contributed by atoms with van der Waals surface area (Å²) in [6.07, 6.45) is 2.66. The maximum atomic E-state index is 11.6. The number of fused-ring (bicyclic) bond motifs is 1. The van der Waals surface area contributed by atoms with E-state index in [4.69, 9.17) is 0 Å². The third kappa shape index (κ3) is 1.31. The van der Waals surface area contributed by atoms with Gasteiger partial charge >= 0.3 is 0 Å². The summed E-state index contributed by atoms with van der Waals surface area (Å²) in [7, 11) is 1.98. The Kier molecular flexibility index (Phi) is 2.36. The van der Waals surface area contributed by atoms with Crippen molar-refractivity contribution in [1.29, 1.82) is 0 Å². The van der Waals surface area contributed by atoms with Crippen molar-refractivity contribution < 1.29 is 4.79 Å². The topological polar surface area (TPSA) is 22.0 Å². The molecule has 13 heavy (non-hydrogen) atoms. The number of hydrogen-bond acceptors (Lipinski definition) is 1. The molecule has 1 aliphatic carbocycles. The number of halogens is 2. The normalized spacial score (nSPS) is 16.1. The molecular weight excluding hydrogens is 298 g/mol. The van der Waals surface area contributed by atoms with E-state index in [0.29, 0.717) is 6.42 Å². The first-order valence-electron chi connectivity index (χ1n) is 4.18. The minimum absolute atomic E-state index is 0.259. The van der Waals surface area contributed by atoms with E-state index in [2.05, 4.69) is 31.9 Å². The highest BCUT2D eigenvalue weighted by Gasteiger charge is 2.25. The number of aromatic nitrogens is 1. The molecule has 0 fully saturated rings. The highest BCUT2D eigenvalue weighted by atomic mass is 79.9. The molecule has 4 heteroatoms. The summed E-state index contributed by atoms with van der Waals surface area (Å²) in [5.41, 5.74) is 2.02. The number of hydrogen-bond donors (Lipinski definition) is 0. The van der Waals surface area contributed by atoms with Gasteiger partial charge in [-0.3, -0.25) is 4.79 Å². The summed E-state index contributed by atoms with van der Waals surface area (Å²) in [4.78, 5) is 11.6. The molecule has 0 amide bonds. The van der Waals surface area contributed by atoms with Crippen LogP contribution in [-0.4, -0.2) is 10.4 Å². The molecule has 2 rings (SSSR count). The van der Waals surface area contributed by atoms with Gasteiger partial charge in [-0.25, -0.2) is 0 Å². The van der Waals surface area contributed by atoms with E-state index in [0.717, 1.165) is 33.2 Å². The Morgan fingerprint density at radius 2 is 2.00 bits per heavy atom. The van der Waals surface area contributed by atoms with Crippen LogP contribution in [0.5, 0.6) is 0 Å². The van der Waals surface area contributed by atoms with Crippen molar-refractivity contribution in [1.82, 2.24) is 4.57 Å². The SMILES string of the molecule is Cn1c(Br)c(Br)c2c1CCCC2=O. The second kappa shape index (κ2) is 3.24. The van der Waals surface area contributed by atoms with Gasteiger partial charge < -0.3 is 4.57 Å². The van der Waals surface area contributed by atoms with Gasteiger partial charge in [-0.15, -0.1) is 0 Å². The Hall–Kier alpha value is -0.0900. The van der Waals surface area contributed by atoms with Crippen LogP contribution >= 0.6 is 31.9 Å². The third-order valence-corrected chi connectivity index (χ3v) is 4.72. The lowest BCUT2D eigenvalue weighted by molar-refractivity contribution is 0.0971. The van der Waals surface area contributed by atoms with E-state index in [1.54, 1.807) is 0 Å². The van der Waals surface area contributed by atoms with Crippen molar-refractivity contribution in [3.63, 3.8) is 0 Å². The van der Waals surface area contributed by atoms with Crippen molar-refractivity contribution in [2.45, 2.75) is 19.3 Å². The van der Waals surface area contributed by atoms with Crippen LogP contribution in [0.1, 0.15) is 28.9 Å². The summed E-state index contributed by atoms with van der Waals surface area (Å²) < 4.78 is 3.92. The molecule has 0 saturated heterocycles. The van der Waals surface area contributed by atoms with E-state index < -0.39 is 0 Å². The second-order valence-electron chi connectivity index (χ2n) is 3.26. The molecule has 0 radical (unpaired) electrons. The van der Waals surface area contributed by atoms with E-state index in [1.165, 1.54) is 0 Å². The van der Waals surface area contributed by atoms with E-state index >= 15 is 0 Å². The molecule has 0 atom stereocenters. The van der Waals surface area contributed by atoms with Gasteiger partial charge in [0.2, 0.25) is 0 Å². The second-order valence-corrected chi connectivity index (χ2v) is 4.81. The molecule has 0 saturated carbocycles. The van der Waals surface area contributed by atoms with Gasteiger partial charge in [-0.2, -0.15) is 0 Å². The van der Waals surface area contributed by atoms with Gasteiger partial charge in [0.15, 0.2) is 5.78 Å². The molecule has 1 aliphatic rings. The zero-order valence-electron chi connectivity index (χ0n) is 7.23. The Labute approximate surface area is 93.6 Å². The van der Waals surface area contributed by atoms with Gasteiger partial charge in [0.25, 0.3) is 0 Å². The Morgan fingerprint density at radius 3 is 2.62 bits per heavy atom. The number of Topliss-reactive ketones (excluding diaryl/α,β-unsaturated/α-hetero) is 1. The first-order valence-corrected chi connectivity index (χ1v) is 5.77. The van der Waals surface area contributed by atoms with Gasteiger partial charge in [-0.05, 0) is 44.7 Å². The largest absolute Gasteiger partial charge is 0.341 e. The van der Waals surface area contributed by atoms with Gasteiger partial charge in [0, 0.05) is 19.2 Å². The van der Waals surface area contributed by atoms with Crippen LogP contribution in [-0.2, 0) is 13.5 Å². The van der Waals surface area contributed by atoms with E-state index in [9.17, 15) is 4.79 Å². The van der Waals surface area contributed by atoms with Gasteiger partial charge in [-0.1, -0.05) is 0 Å². The lowest BCUT2D eigenvalue weighted by atomic mass is 9.97. The number of carbonyl (C=O) groups is 1. The van der Waals surface area contributed by atoms with Crippen molar-refractivity contribution in [3.8, 4) is 0 Å². The zero-order valence-corrected chi connectivity index (χ0v) is 10.4. The molecule has 70 valence electrons. The molecule has 0 aromatic carbocycles. The molecule has 0 N–H and O–H groups in total. The fourth-order valence-corrected chi connectivity index (χ4v) is 2.91. The fourth-order valence-electron chi connectivity index (χ4n) is 1.78. The lowest BCUT2D eigenvalue weighted by Crippen LogP contribution is -2.11. The van der Waals surface area contributed by atoms with Gasteiger partial charge in [0.1, 0.15) is 0 Å². The Balaban J connectivity index is 2.70. The van der Waals surface area contributed by atoms with Gasteiger partial charge in [0.05, 0.1) is 14.6 Å². The first-order chi connectivity index (χ1) is 6.13. The molecule has 0 aliphatic heterocycles. The predicted molar refractivity (Wildman–Crippen MR) is 58.1 cm³/mol. The maximum absolute atomic E-state index is 11.6. The Bertz CT molecular complexity index is 381. The molecule has 0 spiro atoms. The minimum atomic E-state index is 0.259. The minimum Gasteiger partial charge on any atom is -0.341 e. The molecule has 0 unspecified atom stereocenters. The molecular formula is C9H9Br2NO. The van der Waals surface area contributed by atoms with E-state index in [-0.39, 0.29) is 5.78 Å². The summed E-state index contributed by atoms with van der Waals surface area (Å²) in [5, 5.41) is 0. The first kappa shape index (κ1) is 9.46. The van der Waals surface area contributed by atoms with Crippen LogP contribution in [0, 0.1) is 0 Å². The van der Waals surface area contributed by atoms with Crippen LogP contribution < -0.4 is 0 Å². The van der Waals surface area contributed by atoms with Crippen molar-refractivity contribution in [2.24, 2.45) is 7.05 Å². The number of rotatable bonds is 0. The number of ketones is 1. The predicted octanol–water partition coefficient (Wildman–Crippen LogP) is 3.07. The van der Waals surface area contributed by atoms with Crippen molar-refractivity contribution in [2.75, 3.05) is 0 Å². The third-order valence-electron chi connectivity index (χ3n) is 2.48. The zero-order chi connectivity index (χ0) is 9.59. The van der Waals surface area contributed by atoms with Crippen LogP contribution in [0.3, 0.4) is 0 Å². The Morgan fingerprint density at radius 1 is 1.31 bits per heavy atom. The molecule has 2 nitrogen and oxygen atoms in total. The summed E-state index contributed by atoms with van der Waals surface area (Å²) in [5.74, 6) is 0.259. The number of nitrogens with zero attached hydrogens (tertiary/aromatic N) is 1. The van der Waals surface area contributed by atoms with Crippen molar-refractivity contribution in [3.05, 3.63) is 20.3 Å². The molecule has 1 aromatic heterocycles. The summed E-state index contributed by atoms with van der Waals surface area (Å²) in [6.45, 7) is 0. The van der Waals surface area contributed by atoms with Crippen LogP contribution in [0.2, 0.25) is 0 Å². The van der Waals surface area contributed by atoms with Crippen LogP contribution in [0.25, 0.3) is 0 Å². The molecule has 1 aromatic rings. The van der Waals surface area contributed by atoms with Crippen LogP contribution in [0.4, 0.5) is 0 Å². The summed E-state index contributed by atoms with van der Waals surface area (Å²) >= 11 is 6.89. The maximum Gasteiger partial charge on any atom is 0.165 e. The fraction of sp³-hybridized carbons (Fsp3) is 0.444. The lowest BCUT2D eigenvalue weighted by Gasteiger charge is -2.11. The standard InChI is InChI=1S/C9H9Br2NO/c1-12-5-3-2-4-6(13)7(5)8(10)9(12)11/h2-4H2,1H3. The number of carbonyl (C=O) groups excluding carboxylic acids is 1. The summed E-state index contributed by atoms with van der Waals surface area (Å²) in [6, 6.07) is 0. The highest BCUT2D eigenvalue weighted by molar-refractivity contribution is 9.13. The quantitative estimate of drug-likeness (QED) is 0.722. The average molecular weight is 307 g/mol. The molecule has 0 bridgehead atoms. The smallest absolute Gasteiger partial charge is 0.165 e. The van der Waals surface area contributed by atoms with E-state index in [1.807, 2.05) is 11.6 Å². The van der Waals surface area contributed by atoms with Crippen LogP contribution in [0.15, 0.2) is 9.08 Å². The average Bonchev–Trinajstić information content (AvgIpc) is 2.33. The highest BCUT2D eigenvalue weighted by Crippen LogP contribution is 2.35. The van der Waals surface area contributed by atoms with Crippen molar-refractivity contribution >= 4 is 37.6 Å².